The zero-order chi connectivity index (χ0) is 17.0. The van der Waals surface area contributed by atoms with E-state index in [4.69, 9.17) is 0 Å². The van der Waals surface area contributed by atoms with Gasteiger partial charge in [0.05, 0.1) is 4.90 Å². The number of nitrogens with one attached hydrogen (secondary N) is 2. The van der Waals surface area contributed by atoms with Crippen LogP contribution in [-0.4, -0.2) is 40.5 Å². The van der Waals surface area contributed by atoms with E-state index in [0.29, 0.717) is 5.56 Å². The summed E-state index contributed by atoms with van der Waals surface area (Å²) in [6, 6.07) is 14.8. The topological polar surface area (TPSA) is 78.5 Å². The lowest BCUT2D eigenvalue weighted by Crippen LogP contribution is -2.43. The summed E-state index contributed by atoms with van der Waals surface area (Å²) in [6.45, 7) is 3.68. The molecule has 2 aromatic rings. The Kier molecular flexibility index (Phi) is 4.82. The first kappa shape index (κ1) is 16.5. The van der Waals surface area contributed by atoms with E-state index < -0.39 is 15.9 Å². The molecule has 2 aromatic carbocycles. The van der Waals surface area contributed by atoms with Gasteiger partial charge in [0, 0.05) is 37.4 Å². The molecule has 1 amide bonds. The third-order valence-corrected chi connectivity index (χ3v) is 5.24. The average Bonchev–Trinajstić information content (AvgIpc) is 2.63. The Morgan fingerprint density at radius 3 is 2.21 bits per heavy atom. The van der Waals surface area contributed by atoms with Gasteiger partial charge < -0.3 is 10.2 Å². The molecule has 1 saturated heterocycles. The number of anilines is 1. The molecule has 2 N–H and O–H groups in total. The molecule has 7 heteroatoms. The van der Waals surface area contributed by atoms with E-state index in [1.807, 2.05) is 12.1 Å². The van der Waals surface area contributed by atoms with Gasteiger partial charge >= 0.3 is 0 Å². The highest BCUT2D eigenvalue weighted by Crippen LogP contribution is 2.16. The van der Waals surface area contributed by atoms with Crippen LogP contribution in [-0.2, 0) is 10.0 Å². The Balaban J connectivity index is 1.71. The van der Waals surface area contributed by atoms with Gasteiger partial charge in [-0.25, -0.2) is 13.1 Å². The molecule has 0 aliphatic carbocycles. The van der Waals surface area contributed by atoms with Gasteiger partial charge in [0.15, 0.2) is 0 Å². The van der Waals surface area contributed by atoms with Crippen molar-refractivity contribution in [3.63, 3.8) is 0 Å². The number of amides is 1. The van der Waals surface area contributed by atoms with Gasteiger partial charge in [0.1, 0.15) is 0 Å². The van der Waals surface area contributed by atoms with Crippen LogP contribution >= 0.6 is 0 Å². The number of sulfonamides is 1. The lowest BCUT2D eigenvalue weighted by atomic mass is 10.2. The second kappa shape index (κ2) is 7.02. The normalized spacial score (nSPS) is 15.1. The monoisotopic (exact) mass is 345 g/mol. The summed E-state index contributed by atoms with van der Waals surface area (Å²) >= 11 is 0. The Bertz CT molecular complexity index is 799. The average molecular weight is 345 g/mol. The van der Waals surface area contributed by atoms with E-state index in [1.165, 1.54) is 12.1 Å². The summed E-state index contributed by atoms with van der Waals surface area (Å²) in [4.78, 5) is 14.5. The lowest BCUT2D eigenvalue weighted by molar-refractivity contribution is 0.0981. The van der Waals surface area contributed by atoms with E-state index >= 15 is 0 Å². The fourth-order valence-electron chi connectivity index (χ4n) is 2.59. The minimum atomic E-state index is -3.86. The van der Waals surface area contributed by atoms with Crippen molar-refractivity contribution in [3.8, 4) is 0 Å². The van der Waals surface area contributed by atoms with Gasteiger partial charge in [-0.3, -0.25) is 4.79 Å². The van der Waals surface area contributed by atoms with Crippen molar-refractivity contribution in [2.24, 2.45) is 0 Å². The quantitative estimate of drug-likeness (QED) is 0.871. The Hall–Kier alpha value is -2.38. The van der Waals surface area contributed by atoms with Crippen molar-refractivity contribution >= 4 is 21.6 Å². The molecule has 1 heterocycles. The number of hydrogen-bond acceptors (Lipinski definition) is 5. The van der Waals surface area contributed by atoms with E-state index in [2.05, 4.69) is 14.9 Å². The second-order valence-electron chi connectivity index (χ2n) is 5.53. The maximum Gasteiger partial charge on any atom is 0.264 e. The van der Waals surface area contributed by atoms with Crippen LogP contribution in [0.15, 0.2) is 59.5 Å². The van der Waals surface area contributed by atoms with E-state index in [1.54, 1.807) is 30.3 Å². The number of benzene rings is 2. The van der Waals surface area contributed by atoms with Gasteiger partial charge in [0.2, 0.25) is 0 Å². The first-order valence-electron chi connectivity index (χ1n) is 7.74. The van der Waals surface area contributed by atoms with Crippen LogP contribution in [0, 0.1) is 0 Å². The van der Waals surface area contributed by atoms with Gasteiger partial charge in [-0.15, -0.1) is 0 Å². The highest BCUT2D eigenvalue weighted by atomic mass is 32.2. The zero-order valence-corrected chi connectivity index (χ0v) is 13.9. The maximum atomic E-state index is 12.2. The molecule has 3 rings (SSSR count). The zero-order valence-electron chi connectivity index (χ0n) is 13.1. The molecule has 1 fully saturated rings. The molecule has 126 valence electrons. The number of rotatable bonds is 4. The molecular weight excluding hydrogens is 326 g/mol. The second-order valence-corrected chi connectivity index (χ2v) is 7.21. The van der Waals surface area contributed by atoms with Gasteiger partial charge in [-0.1, -0.05) is 18.2 Å². The van der Waals surface area contributed by atoms with E-state index in [-0.39, 0.29) is 4.90 Å². The molecule has 0 aromatic heterocycles. The van der Waals surface area contributed by atoms with E-state index in [0.717, 1.165) is 31.9 Å². The van der Waals surface area contributed by atoms with Gasteiger partial charge in [0.25, 0.3) is 15.9 Å². The molecule has 24 heavy (non-hydrogen) atoms. The minimum Gasteiger partial charge on any atom is -0.369 e. The Labute approximate surface area is 141 Å². The SMILES string of the molecule is O=C(NS(=O)(=O)c1ccccc1)c1ccc(N2CCNCC2)cc1. The summed E-state index contributed by atoms with van der Waals surface area (Å²) in [5.74, 6) is -0.634. The number of piperazine rings is 1. The van der Waals surface area contributed by atoms with Crippen LogP contribution in [0.3, 0.4) is 0 Å². The lowest BCUT2D eigenvalue weighted by Gasteiger charge is -2.29. The maximum absolute atomic E-state index is 12.2. The number of carbonyl (C=O) groups excluding carboxylic acids is 1. The molecule has 0 saturated carbocycles. The molecule has 0 spiro atoms. The summed E-state index contributed by atoms with van der Waals surface area (Å²) in [7, 11) is -3.86. The van der Waals surface area contributed by atoms with Crippen molar-refractivity contribution in [2.45, 2.75) is 4.90 Å². The summed E-state index contributed by atoms with van der Waals surface area (Å²) in [5, 5.41) is 3.28. The molecule has 0 bridgehead atoms. The molecule has 1 aliphatic heterocycles. The van der Waals surface area contributed by atoms with Crippen LogP contribution in [0.5, 0.6) is 0 Å². The van der Waals surface area contributed by atoms with Crippen LogP contribution in [0.25, 0.3) is 0 Å². The third-order valence-electron chi connectivity index (χ3n) is 3.89. The molecule has 0 unspecified atom stereocenters. The van der Waals surface area contributed by atoms with E-state index in [9.17, 15) is 13.2 Å². The van der Waals surface area contributed by atoms with Crippen LogP contribution in [0.4, 0.5) is 5.69 Å². The van der Waals surface area contributed by atoms with Crippen molar-refractivity contribution < 1.29 is 13.2 Å². The fraction of sp³-hybridized carbons (Fsp3) is 0.235. The molecule has 1 aliphatic rings. The van der Waals surface area contributed by atoms with Gasteiger partial charge in [-0.2, -0.15) is 0 Å². The molecule has 0 radical (unpaired) electrons. The largest absolute Gasteiger partial charge is 0.369 e. The predicted molar refractivity (Wildman–Crippen MR) is 92.6 cm³/mol. The number of carbonyl (C=O) groups is 1. The van der Waals surface area contributed by atoms with Crippen molar-refractivity contribution in [3.05, 3.63) is 60.2 Å². The number of hydrogen-bond donors (Lipinski definition) is 2. The predicted octanol–water partition coefficient (Wildman–Crippen LogP) is 1.21. The summed E-state index contributed by atoms with van der Waals surface area (Å²) in [6.07, 6.45) is 0. The first-order valence-corrected chi connectivity index (χ1v) is 9.22. The van der Waals surface area contributed by atoms with Crippen LogP contribution in [0.1, 0.15) is 10.4 Å². The standard InChI is InChI=1S/C17H19N3O3S/c21-17(19-24(22,23)16-4-2-1-3-5-16)14-6-8-15(9-7-14)20-12-10-18-11-13-20/h1-9,18H,10-13H2,(H,19,21). The Morgan fingerprint density at radius 2 is 1.58 bits per heavy atom. The fourth-order valence-corrected chi connectivity index (χ4v) is 3.58. The Morgan fingerprint density at radius 1 is 0.958 bits per heavy atom. The third kappa shape index (κ3) is 3.74. The van der Waals surface area contributed by atoms with Gasteiger partial charge in [-0.05, 0) is 36.4 Å². The highest BCUT2D eigenvalue weighted by Gasteiger charge is 2.18. The minimum absolute atomic E-state index is 0.0655. The summed E-state index contributed by atoms with van der Waals surface area (Å²) < 4.78 is 26.5. The van der Waals surface area contributed by atoms with Crippen molar-refractivity contribution in [1.29, 1.82) is 0 Å². The van der Waals surface area contributed by atoms with Crippen molar-refractivity contribution in [2.75, 3.05) is 31.1 Å². The molecule has 6 nitrogen and oxygen atoms in total. The molecule has 0 atom stereocenters. The smallest absolute Gasteiger partial charge is 0.264 e. The molecular formula is C17H19N3O3S. The van der Waals surface area contributed by atoms with Crippen LogP contribution in [0.2, 0.25) is 0 Å². The number of nitrogens with zero attached hydrogens (tertiary/aromatic N) is 1. The first-order chi connectivity index (χ1) is 11.6. The van der Waals surface area contributed by atoms with Crippen LogP contribution < -0.4 is 14.9 Å². The van der Waals surface area contributed by atoms with Crippen molar-refractivity contribution in [1.82, 2.24) is 10.0 Å². The summed E-state index contributed by atoms with van der Waals surface area (Å²) in [5.41, 5.74) is 1.34. The highest BCUT2D eigenvalue weighted by molar-refractivity contribution is 7.90.